The van der Waals surface area contributed by atoms with Crippen molar-refractivity contribution in [3.63, 3.8) is 0 Å². The van der Waals surface area contributed by atoms with Crippen LogP contribution in [0.2, 0.25) is 0 Å². The summed E-state index contributed by atoms with van der Waals surface area (Å²) >= 11 is 1.89. The minimum Gasteiger partial charge on any atom is -0.497 e. The molecule has 3 nitrogen and oxygen atoms in total. The van der Waals surface area contributed by atoms with E-state index in [9.17, 15) is 4.79 Å². The van der Waals surface area contributed by atoms with Gasteiger partial charge in [-0.15, -0.1) is 11.8 Å². The van der Waals surface area contributed by atoms with E-state index in [1.165, 1.54) is 44.1 Å². The molecule has 1 aliphatic heterocycles. The summed E-state index contributed by atoms with van der Waals surface area (Å²) < 4.78 is 5.25. The van der Waals surface area contributed by atoms with E-state index >= 15 is 0 Å². The first kappa shape index (κ1) is 17.7. The number of nitrogens with zero attached hydrogens (tertiary/aromatic N) is 1. The predicted molar refractivity (Wildman–Crippen MR) is 101 cm³/mol. The van der Waals surface area contributed by atoms with Gasteiger partial charge in [0.1, 0.15) is 5.75 Å². The molecular weight excluding hydrogens is 318 g/mol. The minimum atomic E-state index is 0.340. The topological polar surface area (TPSA) is 29.5 Å². The van der Waals surface area contributed by atoms with Crippen molar-refractivity contribution in [2.75, 3.05) is 26.0 Å². The normalized spacial score (nSPS) is 22.4. The number of amides is 1. The standard InChI is InChI=1S/C20H29NO2S/c1-23-18-11-9-16(10-12-18)17-6-4-5-13-21(14-17)20(22)15-24-19-7-2-3-8-19/h9-12,17,19H,2-8,13-15H2,1H3/t17-/m0/s1. The van der Waals surface area contributed by atoms with Gasteiger partial charge in [0.15, 0.2) is 0 Å². The van der Waals surface area contributed by atoms with Gasteiger partial charge in [0.25, 0.3) is 0 Å². The highest BCUT2D eigenvalue weighted by Gasteiger charge is 2.24. The Labute approximate surface area is 150 Å². The first-order valence-corrected chi connectivity index (χ1v) is 10.3. The van der Waals surface area contributed by atoms with Crippen LogP contribution in [-0.4, -0.2) is 42.0 Å². The van der Waals surface area contributed by atoms with Gasteiger partial charge in [0.05, 0.1) is 12.9 Å². The maximum atomic E-state index is 12.7. The average molecular weight is 348 g/mol. The Kier molecular flexibility index (Phi) is 6.47. The molecule has 0 unspecified atom stereocenters. The van der Waals surface area contributed by atoms with E-state index in [0.717, 1.165) is 30.5 Å². The summed E-state index contributed by atoms with van der Waals surface area (Å²) in [5, 5.41) is 0.721. The molecular formula is C20H29NO2S. The van der Waals surface area contributed by atoms with Crippen molar-refractivity contribution in [2.24, 2.45) is 0 Å². The minimum absolute atomic E-state index is 0.340. The molecule has 4 heteroatoms. The Bertz CT molecular complexity index is 525. The molecule has 1 aromatic rings. The quantitative estimate of drug-likeness (QED) is 0.787. The lowest BCUT2D eigenvalue weighted by molar-refractivity contribution is -0.128. The summed E-state index contributed by atoms with van der Waals surface area (Å²) in [6, 6.07) is 8.38. The highest BCUT2D eigenvalue weighted by Crippen LogP contribution is 2.31. The van der Waals surface area contributed by atoms with Crippen molar-refractivity contribution in [3.05, 3.63) is 29.8 Å². The predicted octanol–water partition coefficient (Wildman–Crippen LogP) is 4.47. The molecule has 3 rings (SSSR count). The number of methoxy groups -OCH3 is 1. The molecule has 2 fully saturated rings. The lowest BCUT2D eigenvalue weighted by Crippen LogP contribution is -2.35. The number of carbonyl (C=O) groups excluding carboxylic acids is 1. The number of hydrogen-bond donors (Lipinski definition) is 0. The molecule has 1 heterocycles. The Balaban J connectivity index is 1.57. The van der Waals surface area contributed by atoms with Gasteiger partial charge >= 0.3 is 0 Å². The van der Waals surface area contributed by atoms with E-state index < -0.39 is 0 Å². The Morgan fingerprint density at radius 3 is 2.54 bits per heavy atom. The number of ether oxygens (including phenoxy) is 1. The third-order valence-corrected chi connectivity index (χ3v) is 6.71. The van der Waals surface area contributed by atoms with Gasteiger partial charge in [0, 0.05) is 24.3 Å². The van der Waals surface area contributed by atoms with E-state index in [2.05, 4.69) is 17.0 Å². The van der Waals surface area contributed by atoms with Gasteiger partial charge in [-0.3, -0.25) is 4.79 Å². The zero-order valence-electron chi connectivity index (χ0n) is 14.7. The molecule has 1 atom stereocenters. The molecule has 0 spiro atoms. The average Bonchev–Trinajstić information content (AvgIpc) is 3.02. The maximum absolute atomic E-state index is 12.7. The van der Waals surface area contributed by atoms with Crippen molar-refractivity contribution in [3.8, 4) is 5.75 Å². The zero-order valence-corrected chi connectivity index (χ0v) is 15.5. The van der Waals surface area contributed by atoms with Gasteiger partial charge in [-0.05, 0) is 43.4 Å². The monoisotopic (exact) mass is 347 g/mol. The smallest absolute Gasteiger partial charge is 0.232 e. The van der Waals surface area contributed by atoms with E-state index in [-0.39, 0.29) is 0 Å². The fraction of sp³-hybridized carbons (Fsp3) is 0.650. The molecule has 0 bridgehead atoms. The van der Waals surface area contributed by atoms with Crippen LogP contribution in [0.25, 0.3) is 0 Å². The molecule has 0 N–H and O–H groups in total. The van der Waals surface area contributed by atoms with Crippen LogP contribution in [0.4, 0.5) is 0 Å². The molecule has 1 amide bonds. The number of benzene rings is 1. The van der Waals surface area contributed by atoms with Crippen molar-refractivity contribution in [2.45, 2.75) is 56.1 Å². The van der Waals surface area contributed by atoms with Crippen LogP contribution in [0.1, 0.15) is 56.4 Å². The van der Waals surface area contributed by atoms with Crippen molar-refractivity contribution in [1.82, 2.24) is 4.90 Å². The largest absolute Gasteiger partial charge is 0.497 e. The van der Waals surface area contributed by atoms with Crippen LogP contribution in [0.15, 0.2) is 24.3 Å². The van der Waals surface area contributed by atoms with Crippen LogP contribution in [0, 0.1) is 0 Å². The van der Waals surface area contributed by atoms with E-state index in [0.29, 0.717) is 17.6 Å². The van der Waals surface area contributed by atoms with Crippen LogP contribution in [-0.2, 0) is 4.79 Å². The number of hydrogen-bond acceptors (Lipinski definition) is 3. The third kappa shape index (κ3) is 4.69. The molecule has 1 aromatic carbocycles. The maximum Gasteiger partial charge on any atom is 0.232 e. The van der Waals surface area contributed by atoms with E-state index in [1.807, 2.05) is 23.9 Å². The van der Waals surface area contributed by atoms with Gasteiger partial charge in [-0.2, -0.15) is 0 Å². The first-order valence-electron chi connectivity index (χ1n) is 9.29. The van der Waals surface area contributed by atoms with Crippen LogP contribution < -0.4 is 4.74 Å². The van der Waals surface area contributed by atoms with Gasteiger partial charge in [-0.1, -0.05) is 31.4 Å². The second kappa shape index (κ2) is 8.80. The Morgan fingerprint density at radius 1 is 1.12 bits per heavy atom. The highest BCUT2D eigenvalue weighted by molar-refractivity contribution is 8.00. The van der Waals surface area contributed by atoms with E-state index in [1.54, 1.807) is 7.11 Å². The molecule has 1 saturated heterocycles. The molecule has 1 saturated carbocycles. The SMILES string of the molecule is COc1ccc([C@H]2CCCCN(C(=O)CSC3CCCC3)C2)cc1. The third-order valence-electron chi connectivity index (χ3n) is 5.36. The zero-order chi connectivity index (χ0) is 16.8. The fourth-order valence-electron chi connectivity index (χ4n) is 3.85. The molecule has 0 radical (unpaired) electrons. The summed E-state index contributed by atoms with van der Waals surface area (Å²) in [7, 11) is 1.70. The van der Waals surface area contributed by atoms with Crippen molar-refractivity contribution < 1.29 is 9.53 Å². The molecule has 0 aromatic heterocycles. The van der Waals surface area contributed by atoms with Crippen molar-refractivity contribution in [1.29, 1.82) is 0 Å². The van der Waals surface area contributed by atoms with Crippen LogP contribution in [0.5, 0.6) is 5.75 Å². The van der Waals surface area contributed by atoms with Crippen LogP contribution in [0.3, 0.4) is 0 Å². The fourth-order valence-corrected chi connectivity index (χ4v) is 5.08. The molecule has 1 aliphatic carbocycles. The summed E-state index contributed by atoms with van der Waals surface area (Å²) in [6.07, 6.45) is 8.79. The number of carbonyl (C=O) groups is 1. The number of rotatable bonds is 5. The summed E-state index contributed by atoms with van der Waals surface area (Å²) in [5.41, 5.74) is 1.33. The first-order chi connectivity index (χ1) is 11.8. The van der Waals surface area contributed by atoms with Crippen LogP contribution >= 0.6 is 11.8 Å². The summed E-state index contributed by atoms with van der Waals surface area (Å²) in [6.45, 7) is 1.80. The van der Waals surface area contributed by atoms with Gasteiger partial charge < -0.3 is 9.64 Å². The lowest BCUT2D eigenvalue weighted by Gasteiger charge is -2.25. The Hall–Kier alpha value is -1.16. The Morgan fingerprint density at radius 2 is 1.83 bits per heavy atom. The van der Waals surface area contributed by atoms with Gasteiger partial charge in [0.2, 0.25) is 5.91 Å². The van der Waals surface area contributed by atoms with Crippen molar-refractivity contribution >= 4 is 17.7 Å². The van der Waals surface area contributed by atoms with E-state index in [4.69, 9.17) is 4.74 Å². The molecule has 24 heavy (non-hydrogen) atoms. The number of thioether (sulfide) groups is 1. The summed E-state index contributed by atoms with van der Waals surface area (Å²) in [5.74, 6) is 2.36. The second-order valence-corrected chi connectivity index (χ2v) is 8.31. The summed E-state index contributed by atoms with van der Waals surface area (Å²) in [4.78, 5) is 14.8. The second-order valence-electron chi connectivity index (χ2n) is 7.02. The molecule has 2 aliphatic rings. The molecule has 132 valence electrons. The highest BCUT2D eigenvalue weighted by atomic mass is 32.2. The number of likely N-dealkylation sites (tertiary alicyclic amines) is 1. The van der Waals surface area contributed by atoms with Gasteiger partial charge in [-0.25, -0.2) is 0 Å². The lowest BCUT2D eigenvalue weighted by atomic mass is 9.94.